The van der Waals surface area contributed by atoms with E-state index < -0.39 is 0 Å². The van der Waals surface area contributed by atoms with Gasteiger partial charge in [0, 0.05) is 17.4 Å². The zero-order chi connectivity index (χ0) is 9.30. The molecule has 0 saturated carbocycles. The van der Waals surface area contributed by atoms with Crippen LogP contribution in [0.25, 0.3) is 0 Å². The van der Waals surface area contributed by atoms with Crippen LogP contribution in [0.15, 0.2) is 0 Å². The van der Waals surface area contributed by atoms with Gasteiger partial charge in [-0.3, -0.25) is 0 Å². The maximum atomic E-state index is 5.95. The van der Waals surface area contributed by atoms with E-state index in [0.717, 1.165) is 6.42 Å². The van der Waals surface area contributed by atoms with Crippen LogP contribution in [0, 0.1) is 20.8 Å². The molecule has 0 aromatic carbocycles. The van der Waals surface area contributed by atoms with Gasteiger partial charge >= 0.3 is 0 Å². The molecule has 0 fully saturated rings. The van der Waals surface area contributed by atoms with E-state index in [-0.39, 0.29) is 6.04 Å². The van der Waals surface area contributed by atoms with Crippen LogP contribution in [0.1, 0.15) is 41.9 Å². The highest BCUT2D eigenvalue weighted by molar-refractivity contribution is 5.35. The first-order valence-corrected chi connectivity index (χ1v) is 4.49. The summed E-state index contributed by atoms with van der Waals surface area (Å²) >= 11 is 0. The largest absolute Gasteiger partial charge is 0.361 e. The maximum absolute atomic E-state index is 5.95. The number of rotatable bonds is 2. The third-order valence-corrected chi connectivity index (χ3v) is 2.66. The highest BCUT2D eigenvalue weighted by atomic mass is 14.8. The number of H-pyrrole nitrogens is 1. The molecule has 1 heterocycles. The third kappa shape index (κ3) is 1.39. The SMILES string of the molecule is CC[C@@H](N)c1[nH]c(C)c(C)c1C. The molecule has 0 amide bonds. The second kappa shape index (κ2) is 3.31. The fraction of sp³-hybridized carbons (Fsp3) is 0.600. The van der Waals surface area contributed by atoms with Crippen molar-refractivity contribution in [1.29, 1.82) is 0 Å². The smallest absolute Gasteiger partial charge is 0.0448 e. The zero-order valence-corrected chi connectivity index (χ0v) is 8.36. The van der Waals surface area contributed by atoms with E-state index in [2.05, 4.69) is 32.7 Å². The number of hydrogen-bond acceptors (Lipinski definition) is 1. The summed E-state index contributed by atoms with van der Waals surface area (Å²) in [5.74, 6) is 0. The van der Waals surface area contributed by atoms with Crippen molar-refractivity contribution in [2.24, 2.45) is 5.73 Å². The van der Waals surface area contributed by atoms with E-state index in [1.807, 2.05) is 0 Å². The number of nitrogens with two attached hydrogens (primary N) is 1. The van der Waals surface area contributed by atoms with Crippen molar-refractivity contribution in [2.75, 3.05) is 0 Å². The molecule has 0 radical (unpaired) electrons. The number of aromatic nitrogens is 1. The van der Waals surface area contributed by atoms with Gasteiger partial charge in [0.15, 0.2) is 0 Å². The minimum absolute atomic E-state index is 0.164. The van der Waals surface area contributed by atoms with Crippen LogP contribution in [-0.2, 0) is 0 Å². The van der Waals surface area contributed by atoms with Gasteiger partial charge in [-0.1, -0.05) is 6.92 Å². The second-order valence-electron chi connectivity index (χ2n) is 3.43. The summed E-state index contributed by atoms with van der Waals surface area (Å²) in [5, 5.41) is 0. The molecule has 1 atom stereocenters. The molecule has 1 aromatic heterocycles. The van der Waals surface area contributed by atoms with Gasteiger partial charge in [0.25, 0.3) is 0 Å². The Hall–Kier alpha value is -0.760. The molecule has 1 aromatic rings. The van der Waals surface area contributed by atoms with Crippen molar-refractivity contribution in [3.63, 3.8) is 0 Å². The molecule has 2 nitrogen and oxygen atoms in total. The molecule has 68 valence electrons. The van der Waals surface area contributed by atoms with Crippen molar-refractivity contribution < 1.29 is 0 Å². The van der Waals surface area contributed by atoms with Crippen molar-refractivity contribution in [2.45, 2.75) is 40.2 Å². The highest BCUT2D eigenvalue weighted by Gasteiger charge is 2.12. The lowest BCUT2D eigenvalue weighted by Gasteiger charge is -2.07. The summed E-state index contributed by atoms with van der Waals surface area (Å²) in [7, 11) is 0. The predicted octanol–water partition coefficient (Wildman–Crippen LogP) is 2.35. The fourth-order valence-electron chi connectivity index (χ4n) is 1.45. The number of nitrogens with one attached hydrogen (secondary N) is 1. The number of aryl methyl sites for hydroxylation is 1. The molecule has 0 bridgehead atoms. The summed E-state index contributed by atoms with van der Waals surface area (Å²) in [6.45, 7) is 8.46. The van der Waals surface area contributed by atoms with E-state index in [9.17, 15) is 0 Å². The molecule has 0 aliphatic heterocycles. The maximum Gasteiger partial charge on any atom is 0.0448 e. The molecule has 0 unspecified atom stereocenters. The van der Waals surface area contributed by atoms with Crippen molar-refractivity contribution in [3.8, 4) is 0 Å². The molecule has 12 heavy (non-hydrogen) atoms. The fourth-order valence-corrected chi connectivity index (χ4v) is 1.45. The molecule has 0 aliphatic carbocycles. The number of aromatic amines is 1. The molecular formula is C10H18N2. The molecule has 0 aliphatic rings. The summed E-state index contributed by atoms with van der Waals surface area (Å²) in [6.07, 6.45) is 0.986. The van der Waals surface area contributed by atoms with Crippen LogP contribution < -0.4 is 5.73 Å². The monoisotopic (exact) mass is 166 g/mol. The van der Waals surface area contributed by atoms with Crippen molar-refractivity contribution in [1.82, 2.24) is 4.98 Å². The Bertz CT molecular complexity index is 274. The average Bonchev–Trinajstić information content (AvgIpc) is 2.32. The van der Waals surface area contributed by atoms with E-state index in [0.29, 0.717) is 0 Å². The Morgan fingerprint density at radius 2 is 1.83 bits per heavy atom. The summed E-state index contributed by atoms with van der Waals surface area (Å²) in [6, 6.07) is 0.164. The quantitative estimate of drug-likeness (QED) is 0.695. The number of hydrogen-bond donors (Lipinski definition) is 2. The molecule has 0 spiro atoms. The zero-order valence-electron chi connectivity index (χ0n) is 8.36. The van der Waals surface area contributed by atoms with E-state index in [1.165, 1.54) is 22.5 Å². The first-order valence-electron chi connectivity index (χ1n) is 4.49. The first-order chi connectivity index (χ1) is 5.57. The van der Waals surface area contributed by atoms with Gasteiger partial charge in [-0.2, -0.15) is 0 Å². The molecule has 2 heteroatoms. The van der Waals surface area contributed by atoms with E-state index >= 15 is 0 Å². The lowest BCUT2D eigenvalue weighted by molar-refractivity contribution is 0.674. The van der Waals surface area contributed by atoms with E-state index in [4.69, 9.17) is 5.73 Å². The van der Waals surface area contributed by atoms with Gasteiger partial charge in [-0.25, -0.2) is 0 Å². The van der Waals surface area contributed by atoms with Crippen LogP contribution in [0.3, 0.4) is 0 Å². The van der Waals surface area contributed by atoms with Crippen LogP contribution in [0.2, 0.25) is 0 Å². The Kier molecular flexibility index (Phi) is 2.58. The van der Waals surface area contributed by atoms with Crippen molar-refractivity contribution in [3.05, 3.63) is 22.5 Å². The van der Waals surface area contributed by atoms with Crippen molar-refractivity contribution >= 4 is 0 Å². The van der Waals surface area contributed by atoms with Gasteiger partial charge in [-0.05, 0) is 38.3 Å². The van der Waals surface area contributed by atoms with Gasteiger partial charge in [0.1, 0.15) is 0 Å². The third-order valence-electron chi connectivity index (χ3n) is 2.66. The molecule has 3 N–H and O–H groups in total. The second-order valence-corrected chi connectivity index (χ2v) is 3.43. The Morgan fingerprint density at radius 1 is 1.25 bits per heavy atom. The van der Waals surface area contributed by atoms with Crippen LogP contribution >= 0.6 is 0 Å². The summed E-state index contributed by atoms with van der Waals surface area (Å²) in [5.41, 5.74) is 11.1. The molecule has 0 saturated heterocycles. The normalized spacial score (nSPS) is 13.4. The molecular weight excluding hydrogens is 148 g/mol. The average molecular weight is 166 g/mol. The lowest BCUT2D eigenvalue weighted by Crippen LogP contribution is -2.10. The Balaban J connectivity index is 3.08. The minimum atomic E-state index is 0.164. The summed E-state index contributed by atoms with van der Waals surface area (Å²) in [4.78, 5) is 3.34. The Morgan fingerprint density at radius 3 is 2.17 bits per heavy atom. The summed E-state index contributed by atoms with van der Waals surface area (Å²) < 4.78 is 0. The predicted molar refractivity (Wildman–Crippen MR) is 52.2 cm³/mol. The van der Waals surface area contributed by atoms with Gasteiger partial charge in [0.2, 0.25) is 0 Å². The lowest BCUT2D eigenvalue weighted by atomic mass is 10.1. The van der Waals surface area contributed by atoms with Gasteiger partial charge < -0.3 is 10.7 Å². The Labute approximate surface area is 74.2 Å². The van der Waals surface area contributed by atoms with E-state index in [1.54, 1.807) is 0 Å². The van der Waals surface area contributed by atoms with Crippen LogP contribution in [0.4, 0.5) is 0 Å². The topological polar surface area (TPSA) is 41.8 Å². The van der Waals surface area contributed by atoms with Crippen LogP contribution in [0.5, 0.6) is 0 Å². The molecule has 1 rings (SSSR count). The first kappa shape index (κ1) is 9.33. The van der Waals surface area contributed by atoms with Gasteiger partial charge in [0.05, 0.1) is 0 Å². The van der Waals surface area contributed by atoms with Crippen LogP contribution in [-0.4, -0.2) is 4.98 Å². The highest BCUT2D eigenvalue weighted by Crippen LogP contribution is 2.22. The standard InChI is InChI=1S/C10H18N2/c1-5-9(11)10-7(3)6(2)8(4)12-10/h9,12H,5,11H2,1-4H3/t9-/m1/s1. The van der Waals surface area contributed by atoms with Gasteiger partial charge in [-0.15, -0.1) is 0 Å². The minimum Gasteiger partial charge on any atom is -0.361 e.